The number of aromatic nitrogens is 1. The number of benzene rings is 2. The number of nitrogens with one attached hydrogen (secondary N) is 1. The largest absolute Gasteiger partial charge is 0.381 e. The molecule has 0 spiro atoms. The van der Waals surface area contributed by atoms with E-state index < -0.39 is 5.41 Å². The second-order valence-electron chi connectivity index (χ2n) is 7.28. The molecule has 0 aliphatic carbocycles. The van der Waals surface area contributed by atoms with E-state index in [-0.39, 0.29) is 11.9 Å². The van der Waals surface area contributed by atoms with Crippen LogP contribution in [-0.2, 0) is 14.9 Å². The lowest BCUT2D eigenvalue weighted by Gasteiger charge is -2.37. The van der Waals surface area contributed by atoms with Gasteiger partial charge in [-0.15, -0.1) is 11.3 Å². The van der Waals surface area contributed by atoms with Crippen LogP contribution >= 0.6 is 11.3 Å². The number of hydrogen-bond acceptors (Lipinski definition) is 4. The number of para-hydroxylation sites is 1. The zero-order valence-electron chi connectivity index (χ0n) is 15.7. The number of carbonyl (C=O) groups excluding carboxylic acids is 1. The van der Waals surface area contributed by atoms with Crippen LogP contribution in [0.1, 0.15) is 41.9 Å². The molecule has 2 aromatic carbocycles. The molecule has 0 saturated carbocycles. The standard InChI is InChI=1S/C22H24N2O2S/c1-15-6-5-7-17(14-15)22(10-12-26-13-11-22)21(25)23-16(2)20-24-18-8-3-4-9-19(18)27-20/h3-9,14,16H,10-13H2,1-2H3,(H,23,25). The van der Waals surface area contributed by atoms with Crippen molar-refractivity contribution in [2.75, 3.05) is 13.2 Å². The number of aryl methyl sites for hydroxylation is 1. The topological polar surface area (TPSA) is 51.2 Å². The van der Waals surface area contributed by atoms with Crippen LogP contribution in [0.2, 0.25) is 0 Å². The molecule has 4 rings (SSSR count). The Labute approximate surface area is 163 Å². The maximum absolute atomic E-state index is 13.4. The van der Waals surface area contributed by atoms with Crippen LogP contribution in [0.25, 0.3) is 10.2 Å². The Kier molecular flexibility index (Phi) is 4.98. The first kappa shape index (κ1) is 18.1. The molecular weight excluding hydrogens is 356 g/mol. The van der Waals surface area contributed by atoms with Crippen molar-refractivity contribution < 1.29 is 9.53 Å². The summed E-state index contributed by atoms with van der Waals surface area (Å²) >= 11 is 1.64. The normalized spacial score (nSPS) is 17.6. The Bertz CT molecular complexity index is 927. The summed E-state index contributed by atoms with van der Waals surface area (Å²) in [5.41, 5.74) is 2.71. The number of ether oxygens (including phenoxy) is 1. The molecular formula is C22H24N2O2S. The highest BCUT2D eigenvalue weighted by Crippen LogP contribution is 2.36. The lowest BCUT2D eigenvalue weighted by Crippen LogP contribution is -2.48. The van der Waals surface area contributed by atoms with Crippen molar-refractivity contribution in [2.45, 2.75) is 38.1 Å². The van der Waals surface area contributed by atoms with E-state index in [9.17, 15) is 4.79 Å². The maximum atomic E-state index is 13.4. The minimum Gasteiger partial charge on any atom is -0.381 e. The van der Waals surface area contributed by atoms with Crippen molar-refractivity contribution in [3.8, 4) is 0 Å². The van der Waals surface area contributed by atoms with E-state index in [2.05, 4.69) is 36.5 Å². The summed E-state index contributed by atoms with van der Waals surface area (Å²) < 4.78 is 6.71. The Morgan fingerprint density at radius 1 is 1.19 bits per heavy atom. The van der Waals surface area contributed by atoms with E-state index in [4.69, 9.17) is 9.72 Å². The quantitative estimate of drug-likeness (QED) is 0.723. The molecule has 4 nitrogen and oxygen atoms in total. The number of rotatable bonds is 4. The number of nitrogens with zero attached hydrogens (tertiary/aromatic N) is 1. The second kappa shape index (κ2) is 7.41. The van der Waals surface area contributed by atoms with Gasteiger partial charge in [0.1, 0.15) is 5.01 Å². The number of amides is 1. The van der Waals surface area contributed by atoms with Crippen molar-refractivity contribution in [3.05, 3.63) is 64.7 Å². The summed E-state index contributed by atoms with van der Waals surface area (Å²) in [6, 6.07) is 16.3. The number of thiazole rings is 1. The predicted molar refractivity (Wildman–Crippen MR) is 109 cm³/mol. The van der Waals surface area contributed by atoms with Crippen LogP contribution < -0.4 is 5.32 Å². The molecule has 1 aliphatic heterocycles. The Hall–Kier alpha value is -2.24. The van der Waals surface area contributed by atoms with Crippen LogP contribution in [0.4, 0.5) is 0 Å². The van der Waals surface area contributed by atoms with Gasteiger partial charge in [0.15, 0.2) is 0 Å². The van der Waals surface area contributed by atoms with Gasteiger partial charge in [0.05, 0.1) is 21.7 Å². The van der Waals surface area contributed by atoms with Gasteiger partial charge in [-0.1, -0.05) is 42.0 Å². The van der Waals surface area contributed by atoms with Crippen LogP contribution in [0.15, 0.2) is 48.5 Å². The molecule has 1 atom stereocenters. The molecule has 0 radical (unpaired) electrons. The van der Waals surface area contributed by atoms with Gasteiger partial charge < -0.3 is 10.1 Å². The van der Waals surface area contributed by atoms with E-state index in [1.807, 2.05) is 31.2 Å². The second-order valence-corrected chi connectivity index (χ2v) is 8.34. The van der Waals surface area contributed by atoms with E-state index in [0.717, 1.165) is 20.8 Å². The van der Waals surface area contributed by atoms with E-state index in [0.29, 0.717) is 26.1 Å². The molecule has 2 heterocycles. The monoisotopic (exact) mass is 380 g/mol. The van der Waals surface area contributed by atoms with Crippen molar-refractivity contribution in [3.63, 3.8) is 0 Å². The van der Waals surface area contributed by atoms with Crippen LogP contribution in [0.5, 0.6) is 0 Å². The molecule has 140 valence electrons. The fourth-order valence-electron chi connectivity index (χ4n) is 3.78. The first-order valence-electron chi connectivity index (χ1n) is 9.40. The van der Waals surface area contributed by atoms with E-state index >= 15 is 0 Å². The average molecular weight is 381 g/mol. The zero-order chi connectivity index (χ0) is 18.9. The molecule has 1 aliphatic rings. The molecule has 1 fully saturated rings. The Morgan fingerprint density at radius 2 is 1.96 bits per heavy atom. The van der Waals surface area contributed by atoms with Crippen molar-refractivity contribution in [1.82, 2.24) is 10.3 Å². The maximum Gasteiger partial charge on any atom is 0.231 e. The number of carbonyl (C=O) groups is 1. The summed E-state index contributed by atoms with van der Waals surface area (Å²) in [6.45, 7) is 5.30. The SMILES string of the molecule is Cc1cccc(C2(C(=O)NC(C)c3nc4ccccc4s3)CCOCC2)c1. The third kappa shape index (κ3) is 3.49. The third-order valence-electron chi connectivity index (χ3n) is 5.38. The first-order valence-corrected chi connectivity index (χ1v) is 10.2. The number of fused-ring (bicyclic) bond motifs is 1. The highest BCUT2D eigenvalue weighted by Gasteiger charge is 2.42. The van der Waals surface area contributed by atoms with Gasteiger partial charge in [-0.3, -0.25) is 4.79 Å². The summed E-state index contributed by atoms with van der Waals surface area (Å²) in [5.74, 6) is 0.0724. The van der Waals surface area contributed by atoms with Gasteiger partial charge in [-0.05, 0) is 44.4 Å². The summed E-state index contributed by atoms with van der Waals surface area (Å²) in [6.07, 6.45) is 1.41. The molecule has 27 heavy (non-hydrogen) atoms. The molecule has 1 aromatic heterocycles. The summed E-state index contributed by atoms with van der Waals surface area (Å²) in [4.78, 5) is 18.1. The molecule has 5 heteroatoms. The molecule has 3 aromatic rings. The molecule has 1 saturated heterocycles. The Morgan fingerprint density at radius 3 is 2.70 bits per heavy atom. The predicted octanol–water partition coefficient (Wildman–Crippen LogP) is 4.53. The van der Waals surface area contributed by atoms with Gasteiger partial charge >= 0.3 is 0 Å². The molecule has 1 amide bonds. The highest BCUT2D eigenvalue weighted by atomic mass is 32.1. The minimum atomic E-state index is -0.533. The lowest BCUT2D eigenvalue weighted by atomic mass is 9.73. The zero-order valence-corrected chi connectivity index (χ0v) is 16.5. The number of hydrogen-bond donors (Lipinski definition) is 1. The lowest BCUT2D eigenvalue weighted by molar-refractivity contribution is -0.131. The minimum absolute atomic E-state index is 0.0724. The van der Waals surface area contributed by atoms with Gasteiger partial charge in [-0.2, -0.15) is 0 Å². The van der Waals surface area contributed by atoms with Gasteiger partial charge in [0, 0.05) is 13.2 Å². The van der Waals surface area contributed by atoms with Crippen LogP contribution in [0.3, 0.4) is 0 Å². The van der Waals surface area contributed by atoms with Gasteiger partial charge in [0.25, 0.3) is 0 Å². The fourth-order valence-corrected chi connectivity index (χ4v) is 4.75. The van der Waals surface area contributed by atoms with Gasteiger partial charge in [0.2, 0.25) is 5.91 Å². The average Bonchev–Trinajstić information content (AvgIpc) is 3.13. The highest BCUT2D eigenvalue weighted by molar-refractivity contribution is 7.18. The van der Waals surface area contributed by atoms with Crippen LogP contribution in [0, 0.1) is 6.92 Å². The summed E-state index contributed by atoms with van der Waals surface area (Å²) in [7, 11) is 0. The summed E-state index contributed by atoms with van der Waals surface area (Å²) in [5, 5.41) is 4.18. The van der Waals surface area contributed by atoms with E-state index in [1.54, 1.807) is 11.3 Å². The van der Waals surface area contributed by atoms with Gasteiger partial charge in [-0.25, -0.2) is 4.98 Å². The smallest absolute Gasteiger partial charge is 0.231 e. The fraction of sp³-hybridized carbons (Fsp3) is 0.364. The van der Waals surface area contributed by atoms with E-state index in [1.165, 1.54) is 5.56 Å². The van der Waals surface area contributed by atoms with Crippen molar-refractivity contribution in [1.29, 1.82) is 0 Å². The molecule has 0 bridgehead atoms. The molecule has 1 N–H and O–H groups in total. The van der Waals surface area contributed by atoms with Crippen molar-refractivity contribution in [2.24, 2.45) is 0 Å². The first-order chi connectivity index (χ1) is 13.1. The third-order valence-corrected chi connectivity index (χ3v) is 6.60. The molecule has 1 unspecified atom stereocenters. The van der Waals surface area contributed by atoms with Crippen molar-refractivity contribution >= 4 is 27.5 Å². The Balaban J connectivity index is 1.61. The van der Waals surface area contributed by atoms with Crippen LogP contribution in [-0.4, -0.2) is 24.1 Å².